The van der Waals surface area contributed by atoms with Crippen molar-refractivity contribution in [1.29, 1.82) is 0 Å². The van der Waals surface area contributed by atoms with E-state index < -0.39 is 0 Å². The Kier molecular flexibility index (Phi) is 4.54. The van der Waals surface area contributed by atoms with Gasteiger partial charge in [-0.1, -0.05) is 59.6 Å². The quantitative estimate of drug-likeness (QED) is 0.312. The molecule has 0 saturated heterocycles. The van der Waals surface area contributed by atoms with Gasteiger partial charge >= 0.3 is 0 Å². The van der Waals surface area contributed by atoms with E-state index in [1.807, 2.05) is 55.5 Å². The summed E-state index contributed by atoms with van der Waals surface area (Å²) in [5.41, 5.74) is 3.31. The zero-order valence-electron chi connectivity index (χ0n) is 15.9. The third-order valence-corrected chi connectivity index (χ3v) is 5.55. The third-order valence-electron chi connectivity index (χ3n) is 5.06. The maximum atomic E-state index is 13.7. The first-order valence-electron chi connectivity index (χ1n) is 9.37. The largest absolute Gasteiger partial charge is 0.268 e. The molecule has 0 radical (unpaired) electrons. The molecular formula is C24H15Cl2N3O. The number of nitrogens with zero attached hydrogens (tertiary/aromatic N) is 3. The molecule has 5 aromatic rings. The van der Waals surface area contributed by atoms with Gasteiger partial charge in [0.1, 0.15) is 11.3 Å². The lowest BCUT2D eigenvalue weighted by molar-refractivity contribution is 0.895. The van der Waals surface area contributed by atoms with Crippen LogP contribution in [-0.2, 0) is 0 Å². The fourth-order valence-electron chi connectivity index (χ4n) is 3.73. The summed E-state index contributed by atoms with van der Waals surface area (Å²) in [7, 11) is 0. The fourth-order valence-corrected chi connectivity index (χ4v) is 4.04. The normalized spacial score (nSPS) is 11.3. The van der Waals surface area contributed by atoms with Crippen molar-refractivity contribution in [3.05, 3.63) is 99.0 Å². The maximum Gasteiger partial charge on any atom is 0.266 e. The highest BCUT2D eigenvalue weighted by molar-refractivity contribution is 6.31. The summed E-state index contributed by atoms with van der Waals surface area (Å²) in [6, 6.07) is 22.2. The number of fused-ring (bicyclic) bond motifs is 3. The molecule has 3 aromatic carbocycles. The smallest absolute Gasteiger partial charge is 0.266 e. The first kappa shape index (κ1) is 18.8. The van der Waals surface area contributed by atoms with E-state index in [0.29, 0.717) is 38.2 Å². The zero-order valence-corrected chi connectivity index (χ0v) is 17.4. The Morgan fingerprint density at radius 2 is 1.60 bits per heavy atom. The number of pyridine rings is 1. The fraction of sp³-hybridized carbons (Fsp3) is 0.0417. The van der Waals surface area contributed by atoms with Gasteiger partial charge in [0.15, 0.2) is 0 Å². The lowest BCUT2D eigenvalue weighted by atomic mass is 10.0. The second-order valence-electron chi connectivity index (χ2n) is 6.99. The Hall–Kier alpha value is -3.21. The molecule has 146 valence electrons. The number of benzene rings is 3. The number of para-hydroxylation sites is 1. The second-order valence-corrected chi connectivity index (χ2v) is 7.86. The van der Waals surface area contributed by atoms with Crippen LogP contribution in [0.2, 0.25) is 10.0 Å². The van der Waals surface area contributed by atoms with Gasteiger partial charge in [-0.15, -0.1) is 0 Å². The van der Waals surface area contributed by atoms with E-state index in [1.54, 1.807) is 28.8 Å². The molecule has 0 fully saturated rings. The highest BCUT2D eigenvalue weighted by Crippen LogP contribution is 2.31. The maximum absolute atomic E-state index is 13.7. The number of hydrogen-bond acceptors (Lipinski definition) is 3. The van der Waals surface area contributed by atoms with Crippen molar-refractivity contribution in [2.24, 2.45) is 0 Å². The molecule has 0 N–H and O–H groups in total. The number of aryl methyl sites for hydroxylation is 1. The van der Waals surface area contributed by atoms with Crippen LogP contribution in [0.3, 0.4) is 0 Å². The molecule has 5 rings (SSSR count). The van der Waals surface area contributed by atoms with E-state index in [1.165, 1.54) is 0 Å². The molecular weight excluding hydrogens is 417 g/mol. The average molecular weight is 432 g/mol. The second kappa shape index (κ2) is 7.24. The Balaban J connectivity index is 1.94. The molecule has 0 aliphatic rings. The van der Waals surface area contributed by atoms with Crippen LogP contribution in [0.5, 0.6) is 0 Å². The molecule has 6 heteroatoms. The zero-order chi connectivity index (χ0) is 20.8. The minimum atomic E-state index is -0.159. The lowest BCUT2D eigenvalue weighted by Crippen LogP contribution is -2.23. The molecule has 0 amide bonds. The van der Waals surface area contributed by atoms with Crippen molar-refractivity contribution < 1.29 is 0 Å². The molecule has 0 spiro atoms. The van der Waals surface area contributed by atoms with Gasteiger partial charge in [-0.05, 0) is 43.3 Å². The van der Waals surface area contributed by atoms with Crippen LogP contribution in [0, 0.1) is 6.92 Å². The van der Waals surface area contributed by atoms with Crippen molar-refractivity contribution in [2.75, 3.05) is 0 Å². The standard InChI is InChI=1S/C24H15Cl2N3O/c1-14-27-23-21(24(30)29(14)18-6-4-5-17(26)13-18)19-7-2-3-8-20(19)28-22(23)15-9-11-16(25)12-10-15/h2-13H,1H3. The lowest BCUT2D eigenvalue weighted by Gasteiger charge is -2.14. The van der Waals surface area contributed by atoms with E-state index in [0.717, 1.165) is 16.5 Å². The first-order valence-corrected chi connectivity index (χ1v) is 10.1. The van der Waals surface area contributed by atoms with Gasteiger partial charge in [0.2, 0.25) is 0 Å². The average Bonchev–Trinajstić information content (AvgIpc) is 2.73. The van der Waals surface area contributed by atoms with E-state index in [2.05, 4.69) is 0 Å². The van der Waals surface area contributed by atoms with Crippen LogP contribution in [0.1, 0.15) is 5.82 Å². The summed E-state index contributed by atoms with van der Waals surface area (Å²) < 4.78 is 1.59. The van der Waals surface area contributed by atoms with Gasteiger partial charge in [-0.2, -0.15) is 0 Å². The topological polar surface area (TPSA) is 47.8 Å². The first-order chi connectivity index (χ1) is 14.5. The molecule has 30 heavy (non-hydrogen) atoms. The van der Waals surface area contributed by atoms with Gasteiger partial charge in [0, 0.05) is 21.0 Å². The Morgan fingerprint density at radius 1 is 0.833 bits per heavy atom. The van der Waals surface area contributed by atoms with Gasteiger partial charge in [0.25, 0.3) is 5.56 Å². The predicted molar refractivity (Wildman–Crippen MR) is 123 cm³/mol. The van der Waals surface area contributed by atoms with Crippen LogP contribution in [0.15, 0.2) is 77.6 Å². The SMILES string of the molecule is Cc1nc2c(-c3ccc(Cl)cc3)nc3ccccc3c2c(=O)n1-c1cccc(Cl)c1. The molecule has 0 atom stereocenters. The van der Waals surface area contributed by atoms with Gasteiger partial charge < -0.3 is 0 Å². The van der Waals surface area contributed by atoms with Crippen molar-refractivity contribution in [1.82, 2.24) is 14.5 Å². The van der Waals surface area contributed by atoms with Crippen LogP contribution in [0.4, 0.5) is 0 Å². The van der Waals surface area contributed by atoms with E-state index in [9.17, 15) is 4.79 Å². The number of rotatable bonds is 2. The minimum Gasteiger partial charge on any atom is -0.268 e. The number of aromatic nitrogens is 3. The van der Waals surface area contributed by atoms with Gasteiger partial charge in [-0.25, -0.2) is 9.97 Å². The predicted octanol–water partition coefficient (Wildman–Crippen LogP) is 6.22. The van der Waals surface area contributed by atoms with Crippen LogP contribution < -0.4 is 5.56 Å². The molecule has 0 bridgehead atoms. The summed E-state index contributed by atoms with van der Waals surface area (Å²) >= 11 is 12.2. The van der Waals surface area contributed by atoms with E-state index in [-0.39, 0.29) is 5.56 Å². The number of halogens is 2. The molecule has 0 aliphatic heterocycles. The van der Waals surface area contributed by atoms with Crippen molar-refractivity contribution >= 4 is 45.0 Å². The highest BCUT2D eigenvalue weighted by Gasteiger charge is 2.18. The van der Waals surface area contributed by atoms with E-state index >= 15 is 0 Å². The van der Waals surface area contributed by atoms with Crippen molar-refractivity contribution in [3.63, 3.8) is 0 Å². The van der Waals surface area contributed by atoms with Gasteiger partial charge in [0.05, 0.1) is 22.3 Å². The Labute approximate surface area is 182 Å². The van der Waals surface area contributed by atoms with Crippen LogP contribution in [0.25, 0.3) is 38.8 Å². The third kappa shape index (κ3) is 3.05. The summed E-state index contributed by atoms with van der Waals surface area (Å²) in [6.45, 7) is 1.81. The van der Waals surface area contributed by atoms with Crippen molar-refractivity contribution in [2.45, 2.75) is 6.92 Å². The van der Waals surface area contributed by atoms with E-state index in [4.69, 9.17) is 33.2 Å². The van der Waals surface area contributed by atoms with Gasteiger partial charge in [-0.3, -0.25) is 9.36 Å². The summed E-state index contributed by atoms with van der Waals surface area (Å²) in [6.07, 6.45) is 0. The summed E-state index contributed by atoms with van der Waals surface area (Å²) in [5, 5.41) is 2.48. The molecule has 0 aliphatic carbocycles. The molecule has 2 aromatic heterocycles. The molecule has 2 heterocycles. The highest BCUT2D eigenvalue weighted by atomic mass is 35.5. The summed E-state index contributed by atoms with van der Waals surface area (Å²) in [5.74, 6) is 0.557. The molecule has 4 nitrogen and oxygen atoms in total. The van der Waals surface area contributed by atoms with Crippen LogP contribution in [-0.4, -0.2) is 14.5 Å². The van der Waals surface area contributed by atoms with Crippen molar-refractivity contribution in [3.8, 4) is 16.9 Å². The number of hydrogen-bond donors (Lipinski definition) is 0. The minimum absolute atomic E-state index is 0.159. The Morgan fingerprint density at radius 3 is 2.37 bits per heavy atom. The Bertz CT molecular complexity index is 1490. The molecule has 0 saturated carbocycles. The van der Waals surface area contributed by atoms with Crippen LogP contribution >= 0.6 is 23.2 Å². The molecule has 0 unspecified atom stereocenters. The monoisotopic (exact) mass is 431 g/mol. The summed E-state index contributed by atoms with van der Waals surface area (Å²) in [4.78, 5) is 23.4.